The van der Waals surface area contributed by atoms with Crippen molar-refractivity contribution in [1.29, 1.82) is 0 Å². The second-order valence-corrected chi connectivity index (χ2v) is 6.03. The van der Waals surface area contributed by atoms with Gasteiger partial charge in [-0.15, -0.1) is 0 Å². The van der Waals surface area contributed by atoms with Crippen molar-refractivity contribution in [3.05, 3.63) is 12.7 Å². The van der Waals surface area contributed by atoms with Gasteiger partial charge < -0.3 is 11.5 Å². The van der Waals surface area contributed by atoms with Crippen LogP contribution in [0.5, 0.6) is 0 Å². The van der Waals surface area contributed by atoms with E-state index in [1.807, 2.05) is 25.5 Å². The predicted molar refractivity (Wildman–Crippen MR) is 71.8 cm³/mol. The van der Waals surface area contributed by atoms with Gasteiger partial charge in [0.25, 0.3) is 0 Å². The second kappa shape index (κ2) is 7.43. The smallest absolute Gasteiger partial charge is 1.00 e. The summed E-state index contributed by atoms with van der Waals surface area (Å²) in [6.07, 6.45) is 6.90. The van der Waals surface area contributed by atoms with E-state index < -0.39 is 5.60 Å². The molecule has 1 aliphatic carbocycles. The Balaban J connectivity index is 0.00000200. The van der Waals surface area contributed by atoms with Gasteiger partial charge in [-0.1, -0.05) is 0 Å². The van der Waals surface area contributed by atoms with E-state index in [2.05, 4.69) is 15.4 Å². The standard InChI is InChI=1S/C13H22N4O2.Na.H/c1-13(2,3)19-12(18)16-10-4-6-11(7-5-10)17-9-14-8-15-17;;/h8-11H,4-7H2,1-3H3,(H,16,18);;/q;+1;-1. The molecule has 1 aliphatic rings. The largest absolute Gasteiger partial charge is 1.00 e. The predicted octanol–water partition coefficient (Wildman–Crippen LogP) is -0.597. The molecule has 0 aromatic carbocycles. The molecule has 20 heavy (non-hydrogen) atoms. The van der Waals surface area contributed by atoms with Crippen molar-refractivity contribution in [2.24, 2.45) is 0 Å². The van der Waals surface area contributed by atoms with Crippen molar-refractivity contribution < 1.29 is 40.5 Å². The Morgan fingerprint density at radius 1 is 1.35 bits per heavy atom. The van der Waals surface area contributed by atoms with E-state index in [4.69, 9.17) is 4.74 Å². The molecule has 7 heteroatoms. The number of rotatable bonds is 2. The number of hydrogen-bond donors (Lipinski definition) is 1. The van der Waals surface area contributed by atoms with E-state index in [9.17, 15) is 4.79 Å². The van der Waals surface area contributed by atoms with Gasteiger partial charge in [0, 0.05) is 6.04 Å². The van der Waals surface area contributed by atoms with E-state index >= 15 is 0 Å². The summed E-state index contributed by atoms with van der Waals surface area (Å²) < 4.78 is 7.17. The summed E-state index contributed by atoms with van der Waals surface area (Å²) in [6, 6.07) is 0.605. The molecule has 1 fully saturated rings. The maximum atomic E-state index is 11.7. The average molecular weight is 290 g/mol. The Morgan fingerprint density at radius 2 is 2.00 bits per heavy atom. The van der Waals surface area contributed by atoms with Crippen molar-refractivity contribution in [3.8, 4) is 0 Å². The quantitative estimate of drug-likeness (QED) is 0.739. The van der Waals surface area contributed by atoms with Crippen LogP contribution in [0.25, 0.3) is 0 Å². The fourth-order valence-electron chi connectivity index (χ4n) is 2.36. The summed E-state index contributed by atoms with van der Waals surface area (Å²) in [7, 11) is 0. The number of amides is 1. The number of nitrogens with zero attached hydrogens (tertiary/aromatic N) is 3. The second-order valence-electron chi connectivity index (χ2n) is 6.03. The molecule has 1 amide bonds. The monoisotopic (exact) mass is 290 g/mol. The van der Waals surface area contributed by atoms with Crippen LogP contribution in [0.15, 0.2) is 12.7 Å². The van der Waals surface area contributed by atoms with Gasteiger partial charge in [-0.2, -0.15) is 5.10 Å². The van der Waals surface area contributed by atoms with Crippen molar-refractivity contribution in [2.45, 2.75) is 64.1 Å². The Bertz CT molecular complexity index is 414. The van der Waals surface area contributed by atoms with E-state index in [-0.39, 0.29) is 43.1 Å². The van der Waals surface area contributed by atoms with Crippen molar-refractivity contribution >= 4 is 6.09 Å². The van der Waals surface area contributed by atoms with Crippen LogP contribution in [0, 0.1) is 0 Å². The summed E-state index contributed by atoms with van der Waals surface area (Å²) in [5.41, 5.74) is -0.442. The van der Waals surface area contributed by atoms with E-state index in [1.165, 1.54) is 0 Å². The SMILES string of the molecule is CC(C)(C)OC(=O)NC1CCC(n2cncn2)CC1.[H-].[Na+]. The van der Waals surface area contributed by atoms with Crippen LogP contribution in [0.4, 0.5) is 4.79 Å². The first kappa shape index (κ1) is 17.5. The number of carbonyl (C=O) groups is 1. The summed E-state index contributed by atoms with van der Waals surface area (Å²) in [4.78, 5) is 15.6. The number of aromatic nitrogens is 3. The molecule has 108 valence electrons. The normalized spacial score (nSPS) is 22.8. The maximum Gasteiger partial charge on any atom is 1.00 e. The molecule has 2 rings (SSSR count). The van der Waals surface area contributed by atoms with Gasteiger partial charge in [0.1, 0.15) is 18.3 Å². The third-order valence-corrected chi connectivity index (χ3v) is 3.23. The number of ether oxygens (including phenoxy) is 1. The van der Waals surface area contributed by atoms with Crippen LogP contribution in [0.2, 0.25) is 0 Å². The van der Waals surface area contributed by atoms with Crippen molar-refractivity contribution in [1.82, 2.24) is 20.1 Å². The Labute approximate surface area is 143 Å². The number of carbonyl (C=O) groups excluding carboxylic acids is 1. The molecule has 0 unspecified atom stereocenters. The molecule has 0 spiro atoms. The molecule has 0 radical (unpaired) electrons. The minimum atomic E-state index is -0.442. The van der Waals surface area contributed by atoms with Crippen LogP contribution in [0.3, 0.4) is 0 Å². The van der Waals surface area contributed by atoms with Crippen molar-refractivity contribution in [2.75, 3.05) is 0 Å². The minimum absolute atomic E-state index is 0. The fraction of sp³-hybridized carbons (Fsp3) is 0.769. The van der Waals surface area contributed by atoms with Gasteiger partial charge in [-0.3, -0.25) is 0 Å². The zero-order chi connectivity index (χ0) is 13.9. The zero-order valence-corrected chi connectivity index (χ0v) is 14.8. The first-order chi connectivity index (χ1) is 8.94. The van der Waals surface area contributed by atoms with Gasteiger partial charge in [0.05, 0.1) is 6.04 Å². The zero-order valence-electron chi connectivity index (χ0n) is 13.8. The Hall–Kier alpha value is -0.590. The molecule has 1 N–H and O–H groups in total. The summed E-state index contributed by atoms with van der Waals surface area (Å²) in [5, 5.41) is 7.10. The summed E-state index contributed by atoms with van der Waals surface area (Å²) in [6.45, 7) is 5.61. The first-order valence-corrected chi connectivity index (χ1v) is 6.78. The number of hydrogen-bond acceptors (Lipinski definition) is 4. The van der Waals surface area contributed by atoms with Gasteiger partial charge in [0.15, 0.2) is 0 Å². The van der Waals surface area contributed by atoms with Gasteiger partial charge in [-0.25, -0.2) is 14.5 Å². The molecule has 6 nitrogen and oxygen atoms in total. The molecule has 0 bridgehead atoms. The number of alkyl carbamates (subject to hydrolysis) is 1. The third kappa shape index (κ3) is 5.42. The molecule has 1 aromatic heterocycles. The molecule has 1 saturated carbocycles. The average Bonchev–Trinajstić information content (AvgIpc) is 2.80. The molecular weight excluding hydrogens is 267 g/mol. The summed E-state index contributed by atoms with van der Waals surface area (Å²) in [5.74, 6) is 0. The minimum Gasteiger partial charge on any atom is -1.00 e. The van der Waals surface area contributed by atoms with Crippen LogP contribution >= 0.6 is 0 Å². The van der Waals surface area contributed by atoms with Gasteiger partial charge >= 0.3 is 35.7 Å². The van der Waals surface area contributed by atoms with Crippen LogP contribution < -0.4 is 34.9 Å². The van der Waals surface area contributed by atoms with E-state index in [1.54, 1.807) is 12.7 Å². The maximum absolute atomic E-state index is 11.7. The Morgan fingerprint density at radius 3 is 2.50 bits per heavy atom. The van der Waals surface area contributed by atoms with Crippen LogP contribution in [-0.2, 0) is 4.74 Å². The van der Waals surface area contributed by atoms with E-state index in [0.717, 1.165) is 25.7 Å². The molecule has 0 saturated heterocycles. The Kier molecular flexibility index (Phi) is 6.48. The van der Waals surface area contributed by atoms with Crippen molar-refractivity contribution in [3.63, 3.8) is 0 Å². The van der Waals surface area contributed by atoms with E-state index in [0.29, 0.717) is 6.04 Å². The third-order valence-electron chi connectivity index (χ3n) is 3.23. The molecule has 0 aliphatic heterocycles. The number of nitrogens with one attached hydrogen (secondary N) is 1. The van der Waals surface area contributed by atoms with Gasteiger partial charge in [-0.05, 0) is 46.5 Å². The first-order valence-electron chi connectivity index (χ1n) is 6.78. The topological polar surface area (TPSA) is 69.0 Å². The molecule has 1 aromatic rings. The fourth-order valence-corrected chi connectivity index (χ4v) is 2.36. The van der Waals surface area contributed by atoms with Crippen LogP contribution in [0.1, 0.15) is 53.9 Å². The van der Waals surface area contributed by atoms with Crippen LogP contribution in [-0.4, -0.2) is 32.5 Å². The molecule has 0 atom stereocenters. The molecular formula is C13H23N4NaO2. The molecule has 1 heterocycles. The van der Waals surface area contributed by atoms with Gasteiger partial charge in [0.2, 0.25) is 0 Å². The summed E-state index contributed by atoms with van der Waals surface area (Å²) >= 11 is 0.